The molecule has 3 rings (SSSR count). The van der Waals surface area contributed by atoms with Crippen LogP contribution in [0, 0.1) is 37.1 Å². The average molecular weight is 475 g/mol. The molecule has 0 atom stereocenters. The summed E-state index contributed by atoms with van der Waals surface area (Å²) in [5.41, 5.74) is 2.89. The first kappa shape index (κ1) is 25.1. The number of ether oxygens (including phenoxy) is 2. The Morgan fingerprint density at radius 2 is 1.59 bits per heavy atom. The molecular weight excluding hydrogens is 450 g/mol. The first-order chi connectivity index (χ1) is 16.0. The number of benzene rings is 3. The van der Waals surface area contributed by atoms with Crippen LogP contribution in [0.3, 0.4) is 0 Å². The SMILES string of the molecule is Cc1cc(-c2cc(F)cc(F)c2)cc(CNc2c(F)ccc(OCC(=O)OC(C)C)c2F)c1C. The molecular formula is C26H25F4NO3. The lowest BCUT2D eigenvalue weighted by Crippen LogP contribution is -2.19. The van der Waals surface area contributed by atoms with E-state index in [0.717, 1.165) is 29.3 Å². The van der Waals surface area contributed by atoms with Gasteiger partial charge in [0, 0.05) is 12.6 Å². The predicted octanol–water partition coefficient (Wildman–Crippen LogP) is 6.47. The van der Waals surface area contributed by atoms with Crippen molar-refractivity contribution in [1.29, 1.82) is 0 Å². The molecule has 0 aromatic heterocycles. The Hall–Kier alpha value is -3.55. The molecule has 0 aliphatic rings. The van der Waals surface area contributed by atoms with Crippen LogP contribution in [0.5, 0.6) is 5.75 Å². The molecule has 34 heavy (non-hydrogen) atoms. The molecule has 4 nitrogen and oxygen atoms in total. The molecule has 0 saturated carbocycles. The van der Waals surface area contributed by atoms with Crippen molar-refractivity contribution in [3.63, 3.8) is 0 Å². The van der Waals surface area contributed by atoms with Crippen LogP contribution >= 0.6 is 0 Å². The number of esters is 1. The summed E-state index contributed by atoms with van der Waals surface area (Å²) >= 11 is 0. The van der Waals surface area contributed by atoms with Gasteiger partial charge in [-0.05, 0) is 85.8 Å². The maximum atomic E-state index is 14.9. The summed E-state index contributed by atoms with van der Waals surface area (Å²) in [6, 6.07) is 8.84. The molecule has 180 valence electrons. The van der Waals surface area contributed by atoms with Crippen LogP contribution in [0.25, 0.3) is 11.1 Å². The topological polar surface area (TPSA) is 47.6 Å². The average Bonchev–Trinajstić information content (AvgIpc) is 2.74. The van der Waals surface area contributed by atoms with E-state index in [1.807, 2.05) is 13.8 Å². The van der Waals surface area contributed by atoms with Crippen molar-refractivity contribution >= 4 is 11.7 Å². The Kier molecular flexibility index (Phi) is 7.81. The van der Waals surface area contributed by atoms with Gasteiger partial charge < -0.3 is 14.8 Å². The first-order valence-electron chi connectivity index (χ1n) is 10.7. The first-order valence-corrected chi connectivity index (χ1v) is 10.7. The summed E-state index contributed by atoms with van der Waals surface area (Å²) in [7, 11) is 0. The molecule has 0 heterocycles. The smallest absolute Gasteiger partial charge is 0.344 e. The van der Waals surface area contributed by atoms with E-state index in [0.29, 0.717) is 16.7 Å². The molecule has 1 N–H and O–H groups in total. The molecule has 0 aliphatic heterocycles. The van der Waals surface area contributed by atoms with Crippen molar-refractivity contribution < 1.29 is 31.8 Å². The Bertz CT molecular complexity index is 1190. The van der Waals surface area contributed by atoms with E-state index in [1.54, 1.807) is 26.0 Å². The number of hydrogen-bond donors (Lipinski definition) is 1. The van der Waals surface area contributed by atoms with Gasteiger partial charge in [0.2, 0.25) is 0 Å². The second-order valence-corrected chi connectivity index (χ2v) is 8.15. The Morgan fingerprint density at radius 3 is 2.24 bits per heavy atom. The van der Waals surface area contributed by atoms with Crippen LogP contribution in [0.4, 0.5) is 23.2 Å². The minimum atomic E-state index is -0.991. The standard InChI is InChI=1S/C26H25F4NO3/c1-14(2)34-24(32)13-33-23-6-5-22(29)26(25(23)30)31-12-19-8-17(7-15(3)16(19)4)18-9-20(27)11-21(28)10-18/h5-11,14,31H,12-13H2,1-4H3. The number of halogens is 4. The normalized spacial score (nSPS) is 11.0. The Morgan fingerprint density at radius 1 is 0.941 bits per heavy atom. The van der Waals surface area contributed by atoms with Crippen molar-refractivity contribution in [2.75, 3.05) is 11.9 Å². The largest absolute Gasteiger partial charge is 0.479 e. The molecule has 0 unspecified atom stereocenters. The summed E-state index contributed by atoms with van der Waals surface area (Å²) in [5, 5.41) is 2.73. The number of carbonyl (C=O) groups is 1. The number of nitrogens with one attached hydrogen (secondary N) is 1. The zero-order chi connectivity index (χ0) is 25.0. The molecule has 0 aliphatic carbocycles. The molecule has 0 fully saturated rings. The molecule has 0 radical (unpaired) electrons. The van der Waals surface area contributed by atoms with Gasteiger partial charge in [0.25, 0.3) is 0 Å². The highest BCUT2D eigenvalue weighted by Gasteiger charge is 2.17. The van der Waals surface area contributed by atoms with Crippen LogP contribution < -0.4 is 10.1 Å². The Labute approximate surface area is 195 Å². The zero-order valence-electron chi connectivity index (χ0n) is 19.3. The minimum Gasteiger partial charge on any atom is -0.479 e. The van der Waals surface area contributed by atoms with Gasteiger partial charge in [-0.15, -0.1) is 0 Å². The molecule has 8 heteroatoms. The summed E-state index contributed by atoms with van der Waals surface area (Å²) in [5.74, 6) is -4.22. The van der Waals surface area contributed by atoms with E-state index in [1.165, 1.54) is 12.1 Å². The van der Waals surface area contributed by atoms with E-state index < -0.39 is 41.5 Å². The summed E-state index contributed by atoms with van der Waals surface area (Å²) in [4.78, 5) is 11.7. The van der Waals surface area contributed by atoms with Crippen LogP contribution in [-0.4, -0.2) is 18.7 Å². The molecule has 3 aromatic carbocycles. The highest BCUT2D eigenvalue weighted by Crippen LogP contribution is 2.30. The number of aryl methyl sites for hydroxylation is 1. The Balaban J connectivity index is 1.83. The van der Waals surface area contributed by atoms with Gasteiger partial charge in [0.15, 0.2) is 18.2 Å². The van der Waals surface area contributed by atoms with Gasteiger partial charge >= 0.3 is 5.97 Å². The van der Waals surface area contributed by atoms with Crippen molar-refractivity contribution in [3.05, 3.63) is 82.4 Å². The summed E-state index contributed by atoms with van der Waals surface area (Å²) < 4.78 is 66.8. The van der Waals surface area contributed by atoms with Gasteiger partial charge in [0.1, 0.15) is 23.1 Å². The fourth-order valence-corrected chi connectivity index (χ4v) is 3.43. The van der Waals surface area contributed by atoms with Crippen LogP contribution in [0.2, 0.25) is 0 Å². The van der Waals surface area contributed by atoms with Crippen molar-refractivity contribution in [2.45, 2.75) is 40.3 Å². The number of anilines is 1. The fraction of sp³-hybridized carbons (Fsp3) is 0.269. The highest BCUT2D eigenvalue weighted by atomic mass is 19.1. The van der Waals surface area contributed by atoms with E-state index in [2.05, 4.69) is 5.32 Å². The lowest BCUT2D eigenvalue weighted by Gasteiger charge is -2.16. The van der Waals surface area contributed by atoms with Gasteiger partial charge in [-0.1, -0.05) is 6.07 Å². The molecule has 0 spiro atoms. The van der Waals surface area contributed by atoms with E-state index >= 15 is 0 Å². The fourth-order valence-electron chi connectivity index (χ4n) is 3.43. The van der Waals surface area contributed by atoms with Crippen molar-refractivity contribution in [1.82, 2.24) is 0 Å². The minimum absolute atomic E-state index is 0.0327. The third kappa shape index (κ3) is 6.07. The molecule has 0 amide bonds. The third-order valence-corrected chi connectivity index (χ3v) is 5.19. The quantitative estimate of drug-likeness (QED) is 0.300. The number of carbonyl (C=O) groups excluding carboxylic acids is 1. The van der Waals surface area contributed by atoms with E-state index in [4.69, 9.17) is 9.47 Å². The summed E-state index contributed by atoms with van der Waals surface area (Å²) in [6.45, 7) is 6.53. The van der Waals surface area contributed by atoms with Crippen LogP contribution in [0.1, 0.15) is 30.5 Å². The van der Waals surface area contributed by atoms with E-state index in [-0.39, 0.29) is 18.4 Å². The third-order valence-electron chi connectivity index (χ3n) is 5.19. The van der Waals surface area contributed by atoms with Gasteiger partial charge in [-0.2, -0.15) is 0 Å². The summed E-state index contributed by atoms with van der Waals surface area (Å²) in [6.07, 6.45) is -0.349. The van der Waals surface area contributed by atoms with E-state index in [9.17, 15) is 22.4 Å². The highest BCUT2D eigenvalue weighted by molar-refractivity contribution is 5.71. The van der Waals surface area contributed by atoms with Gasteiger partial charge in [-0.3, -0.25) is 0 Å². The van der Waals surface area contributed by atoms with Crippen LogP contribution in [0.15, 0.2) is 42.5 Å². The monoisotopic (exact) mass is 475 g/mol. The second-order valence-electron chi connectivity index (χ2n) is 8.15. The molecule has 0 bridgehead atoms. The number of rotatable bonds is 8. The molecule has 0 saturated heterocycles. The number of hydrogen-bond acceptors (Lipinski definition) is 4. The lowest BCUT2D eigenvalue weighted by molar-refractivity contribution is -0.149. The maximum Gasteiger partial charge on any atom is 0.344 e. The maximum absolute atomic E-state index is 14.9. The zero-order valence-corrected chi connectivity index (χ0v) is 19.3. The van der Waals surface area contributed by atoms with Gasteiger partial charge in [0.05, 0.1) is 6.10 Å². The lowest BCUT2D eigenvalue weighted by atomic mass is 9.95. The predicted molar refractivity (Wildman–Crippen MR) is 122 cm³/mol. The van der Waals surface area contributed by atoms with Gasteiger partial charge in [-0.25, -0.2) is 22.4 Å². The van der Waals surface area contributed by atoms with Crippen molar-refractivity contribution in [2.24, 2.45) is 0 Å². The van der Waals surface area contributed by atoms with Crippen molar-refractivity contribution in [3.8, 4) is 16.9 Å². The second kappa shape index (κ2) is 10.6. The van der Waals surface area contributed by atoms with Crippen LogP contribution in [-0.2, 0) is 16.1 Å². The molecule has 3 aromatic rings.